The summed E-state index contributed by atoms with van der Waals surface area (Å²) in [6, 6.07) is 12.9. The molecule has 0 aromatic heterocycles. The van der Waals surface area contributed by atoms with Gasteiger partial charge in [-0.3, -0.25) is 0 Å². The Kier molecular flexibility index (Phi) is 3.88. The second-order valence-electron chi connectivity index (χ2n) is 4.34. The van der Waals surface area contributed by atoms with Gasteiger partial charge in [-0.2, -0.15) is 13.2 Å². The highest BCUT2D eigenvalue weighted by Crippen LogP contribution is 2.37. The predicted octanol–water partition coefficient (Wildman–Crippen LogP) is 4.71. The molecule has 2 aromatic rings. The molecule has 1 unspecified atom stereocenters. The van der Waals surface area contributed by atoms with Crippen LogP contribution in [0.1, 0.15) is 17.0 Å². The summed E-state index contributed by atoms with van der Waals surface area (Å²) in [7, 11) is 0. The Bertz CT molecular complexity index is 514. The number of benzene rings is 2. The molecule has 0 aliphatic heterocycles. The van der Waals surface area contributed by atoms with Crippen LogP contribution in [0.3, 0.4) is 0 Å². The van der Waals surface area contributed by atoms with Gasteiger partial charge < -0.3 is 0 Å². The Balaban J connectivity index is 2.27. The first kappa shape index (κ1) is 13.6. The second kappa shape index (κ2) is 5.43. The monoisotopic (exact) mass is 268 g/mol. The Morgan fingerprint density at radius 3 is 1.95 bits per heavy atom. The number of halogens is 4. The largest absolute Gasteiger partial charge is 0.396 e. The van der Waals surface area contributed by atoms with Crippen LogP contribution >= 0.6 is 0 Å². The zero-order chi connectivity index (χ0) is 13.9. The van der Waals surface area contributed by atoms with Gasteiger partial charge in [0.25, 0.3) is 0 Å². The molecule has 0 spiro atoms. The average Bonchev–Trinajstić information content (AvgIpc) is 2.37. The van der Waals surface area contributed by atoms with Gasteiger partial charge in [-0.1, -0.05) is 42.5 Å². The highest BCUT2D eigenvalue weighted by molar-refractivity contribution is 5.25. The maximum atomic E-state index is 13.1. The molecular formula is C15H12F4. The minimum absolute atomic E-state index is 0.187. The summed E-state index contributed by atoms with van der Waals surface area (Å²) in [6.45, 7) is 0. The SMILES string of the molecule is Fc1ccc(CC(c2ccccc2)C(F)(F)F)cc1. The van der Waals surface area contributed by atoms with E-state index in [0.717, 1.165) is 0 Å². The van der Waals surface area contributed by atoms with Gasteiger partial charge in [0, 0.05) is 0 Å². The van der Waals surface area contributed by atoms with Crippen LogP contribution in [0, 0.1) is 5.82 Å². The Morgan fingerprint density at radius 2 is 1.42 bits per heavy atom. The van der Waals surface area contributed by atoms with E-state index in [4.69, 9.17) is 0 Å². The maximum absolute atomic E-state index is 13.1. The third-order valence-electron chi connectivity index (χ3n) is 2.95. The summed E-state index contributed by atoms with van der Waals surface area (Å²) < 4.78 is 52.0. The van der Waals surface area contributed by atoms with E-state index in [0.29, 0.717) is 5.56 Å². The van der Waals surface area contributed by atoms with E-state index in [2.05, 4.69) is 0 Å². The molecule has 2 rings (SSSR count). The normalized spacial score (nSPS) is 13.3. The highest BCUT2D eigenvalue weighted by atomic mass is 19.4. The molecular weight excluding hydrogens is 256 g/mol. The molecule has 0 radical (unpaired) electrons. The molecule has 0 aliphatic rings. The molecule has 0 heterocycles. The van der Waals surface area contributed by atoms with Gasteiger partial charge in [-0.25, -0.2) is 4.39 Å². The number of rotatable bonds is 3. The van der Waals surface area contributed by atoms with E-state index in [1.165, 1.54) is 36.4 Å². The van der Waals surface area contributed by atoms with E-state index in [9.17, 15) is 17.6 Å². The fourth-order valence-corrected chi connectivity index (χ4v) is 1.96. The van der Waals surface area contributed by atoms with E-state index in [1.54, 1.807) is 18.2 Å². The summed E-state index contributed by atoms with van der Waals surface area (Å²) in [5.74, 6) is -2.02. The first-order valence-electron chi connectivity index (χ1n) is 5.83. The molecule has 0 saturated carbocycles. The molecule has 0 amide bonds. The van der Waals surface area contributed by atoms with Crippen molar-refractivity contribution in [1.82, 2.24) is 0 Å². The fourth-order valence-electron chi connectivity index (χ4n) is 1.96. The van der Waals surface area contributed by atoms with Crippen LogP contribution in [-0.4, -0.2) is 6.18 Å². The molecule has 0 nitrogen and oxygen atoms in total. The van der Waals surface area contributed by atoms with Crippen LogP contribution in [-0.2, 0) is 6.42 Å². The van der Waals surface area contributed by atoms with Crippen molar-refractivity contribution in [3.63, 3.8) is 0 Å². The quantitative estimate of drug-likeness (QED) is 0.707. The van der Waals surface area contributed by atoms with Crippen molar-refractivity contribution in [3.05, 3.63) is 71.5 Å². The summed E-state index contributed by atoms with van der Waals surface area (Å²) in [5, 5.41) is 0. The Morgan fingerprint density at radius 1 is 0.842 bits per heavy atom. The standard InChI is InChI=1S/C15H12F4/c16-13-8-6-11(7-9-13)10-14(15(17,18)19)12-4-2-1-3-5-12/h1-9,14H,10H2. The molecule has 1 atom stereocenters. The highest BCUT2D eigenvalue weighted by Gasteiger charge is 2.40. The third-order valence-corrected chi connectivity index (χ3v) is 2.95. The van der Waals surface area contributed by atoms with Gasteiger partial charge >= 0.3 is 6.18 Å². The lowest BCUT2D eigenvalue weighted by Crippen LogP contribution is -2.23. The maximum Gasteiger partial charge on any atom is 0.396 e. The molecule has 0 saturated heterocycles. The van der Waals surface area contributed by atoms with Crippen molar-refractivity contribution >= 4 is 0 Å². The van der Waals surface area contributed by atoms with Gasteiger partial charge in [-0.05, 0) is 29.7 Å². The average molecular weight is 268 g/mol. The van der Waals surface area contributed by atoms with Crippen LogP contribution in [0.2, 0.25) is 0 Å². The van der Waals surface area contributed by atoms with Gasteiger partial charge in [0.15, 0.2) is 0 Å². The van der Waals surface area contributed by atoms with E-state index in [1.807, 2.05) is 0 Å². The van der Waals surface area contributed by atoms with Gasteiger partial charge in [0.1, 0.15) is 5.82 Å². The predicted molar refractivity (Wildman–Crippen MR) is 65.3 cm³/mol. The molecule has 0 N–H and O–H groups in total. The van der Waals surface area contributed by atoms with Crippen molar-refractivity contribution in [2.75, 3.05) is 0 Å². The minimum Gasteiger partial charge on any atom is -0.207 e. The van der Waals surface area contributed by atoms with Crippen molar-refractivity contribution < 1.29 is 17.6 Å². The Labute approximate surface area is 108 Å². The van der Waals surface area contributed by atoms with E-state index in [-0.39, 0.29) is 12.0 Å². The van der Waals surface area contributed by atoms with Crippen LogP contribution in [0.15, 0.2) is 54.6 Å². The van der Waals surface area contributed by atoms with Crippen LogP contribution in [0.5, 0.6) is 0 Å². The molecule has 0 fully saturated rings. The zero-order valence-corrected chi connectivity index (χ0v) is 9.99. The number of alkyl halides is 3. The molecule has 100 valence electrons. The first-order valence-corrected chi connectivity index (χ1v) is 5.83. The molecule has 0 aliphatic carbocycles. The summed E-state index contributed by atoms with van der Waals surface area (Å²) >= 11 is 0. The van der Waals surface area contributed by atoms with Crippen molar-refractivity contribution in [1.29, 1.82) is 0 Å². The lowest BCUT2D eigenvalue weighted by atomic mass is 9.91. The summed E-state index contributed by atoms with van der Waals surface area (Å²) in [5.41, 5.74) is 0.687. The number of hydrogen-bond acceptors (Lipinski definition) is 0. The topological polar surface area (TPSA) is 0 Å². The smallest absolute Gasteiger partial charge is 0.207 e. The van der Waals surface area contributed by atoms with Crippen LogP contribution < -0.4 is 0 Å². The second-order valence-corrected chi connectivity index (χ2v) is 4.34. The van der Waals surface area contributed by atoms with Crippen molar-refractivity contribution in [2.45, 2.75) is 18.5 Å². The van der Waals surface area contributed by atoms with E-state index < -0.39 is 17.9 Å². The lowest BCUT2D eigenvalue weighted by Gasteiger charge is -2.20. The first-order chi connectivity index (χ1) is 8.97. The fraction of sp³-hybridized carbons (Fsp3) is 0.200. The molecule has 2 aromatic carbocycles. The Hall–Kier alpha value is -1.84. The van der Waals surface area contributed by atoms with Crippen molar-refractivity contribution in [2.24, 2.45) is 0 Å². The summed E-state index contributed by atoms with van der Waals surface area (Å²) in [6.07, 6.45) is -4.51. The van der Waals surface area contributed by atoms with Gasteiger partial charge in [0.05, 0.1) is 5.92 Å². The number of hydrogen-bond donors (Lipinski definition) is 0. The third kappa shape index (κ3) is 3.56. The minimum atomic E-state index is -4.32. The van der Waals surface area contributed by atoms with E-state index >= 15 is 0 Å². The molecule has 0 bridgehead atoms. The van der Waals surface area contributed by atoms with Crippen LogP contribution in [0.4, 0.5) is 17.6 Å². The van der Waals surface area contributed by atoms with Crippen LogP contribution in [0.25, 0.3) is 0 Å². The molecule has 4 heteroatoms. The summed E-state index contributed by atoms with van der Waals surface area (Å²) in [4.78, 5) is 0. The molecule has 19 heavy (non-hydrogen) atoms. The van der Waals surface area contributed by atoms with Gasteiger partial charge in [0.2, 0.25) is 0 Å². The van der Waals surface area contributed by atoms with Gasteiger partial charge in [-0.15, -0.1) is 0 Å². The zero-order valence-electron chi connectivity index (χ0n) is 9.99. The van der Waals surface area contributed by atoms with Crippen molar-refractivity contribution in [3.8, 4) is 0 Å². The lowest BCUT2D eigenvalue weighted by molar-refractivity contribution is -0.150.